The first-order chi connectivity index (χ1) is 14.8. The van der Waals surface area contributed by atoms with Crippen LogP contribution in [0.25, 0.3) is 0 Å². The molecule has 2 saturated heterocycles. The summed E-state index contributed by atoms with van der Waals surface area (Å²) in [6, 6.07) is 2.23. The minimum atomic E-state index is -4.59. The third-order valence-electron chi connectivity index (χ3n) is 5.97. The highest BCUT2D eigenvalue weighted by molar-refractivity contribution is 5.76. The molecule has 8 nitrogen and oxygen atoms in total. The average Bonchev–Trinajstić information content (AvgIpc) is 3.32. The Bertz CT molecular complexity index is 991. The summed E-state index contributed by atoms with van der Waals surface area (Å²) in [5, 5.41) is 10.7. The van der Waals surface area contributed by atoms with Crippen molar-refractivity contribution in [2.24, 2.45) is 0 Å². The van der Waals surface area contributed by atoms with E-state index in [2.05, 4.69) is 15.4 Å². The van der Waals surface area contributed by atoms with Crippen molar-refractivity contribution in [2.45, 2.75) is 37.5 Å². The number of aromatic amines is 1. The lowest BCUT2D eigenvalue weighted by molar-refractivity contribution is -0.137. The van der Waals surface area contributed by atoms with Crippen LogP contribution < -0.4 is 0 Å². The van der Waals surface area contributed by atoms with Crippen LogP contribution in [-0.4, -0.2) is 69.6 Å². The molecule has 0 spiro atoms. The summed E-state index contributed by atoms with van der Waals surface area (Å²) in [4.78, 5) is 16.1. The van der Waals surface area contributed by atoms with Crippen molar-refractivity contribution in [3.8, 4) is 0 Å². The SMILES string of the molecule is O=C(N1CC(OCc2ccc(C(F)(F)F)cc2F)C1)N1C[C@@H]2OCc3nn[nH]c3[C@@H]2C1. The minimum Gasteiger partial charge on any atom is -0.370 e. The lowest BCUT2D eigenvalue weighted by Crippen LogP contribution is -2.58. The van der Waals surface area contributed by atoms with Crippen molar-refractivity contribution < 1.29 is 31.8 Å². The van der Waals surface area contributed by atoms with Gasteiger partial charge in [0.05, 0.1) is 49.8 Å². The molecule has 3 aliphatic heterocycles. The molecule has 1 aromatic carbocycles. The van der Waals surface area contributed by atoms with Gasteiger partial charge in [-0.15, -0.1) is 5.10 Å². The van der Waals surface area contributed by atoms with E-state index in [1.807, 2.05) is 0 Å². The number of fused-ring (bicyclic) bond motifs is 3. The van der Waals surface area contributed by atoms with E-state index in [4.69, 9.17) is 9.47 Å². The maximum absolute atomic E-state index is 13.9. The number of benzene rings is 1. The quantitative estimate of drug-likeness (QED) is 0.739. The fourth-order valence-corrected chi connectivity index (χ4v) is 4.17. The van der Waals surface area contributed by atoms with Crippen LogP contribution in [0, 0.1) is 5.82 Å². The van der Waals surface area contributed by atoms with Crippen molar-refractivity contribution in [1.82, 2.24) is 25.2 Å². The zero-order valence-corrected chi connectivity index (χ0v) is 16.2. The summed E-state index contributed by atoms with van der Waals surface area (Å²) in [5.41, 5.74) is 0.684. The molecule has 0 saturated carbocycles. The third kappa shape index (κ3) is 3.74. The van der Waals surface area contributed by atoms with Gasteiger partial charge in [-0.1, -0.05) is 11.3 Å². The summed E-state index contributed by atoms with van der Waals surface area (Å²) >= 11 is 0. The van der Waals surface area contributed by atoms with E-state index in [-0.39, 0.29) is 36.3 Å². The normalized spacial score (nSPS) is 23.5. The lowest BCUT2D eigenvalue weighted by atomic mass is 9.98. The van der Waals surface area contributed by atoms with Gasteiger partial charge in [0.1, 0.15) is 11.5 Å². The Morgan fingerprint density at radius 1 is 1.23 bits per heavy atom. The van der Waals surface area contributed by atoms with Crippen LogP contribution in [0.2, 0.25) is 0 Å². The summed E-state index contributed by atoms with van der Waals surface area (Å²) < 4.78 is 63.1. The standard InChI is InChI=1S/C19H19F4N5O3/c20-14-3-11(19(21,22)23)2-1-10(14)8-30-12-4-27(5-12)18(29)28-6-13-16(7-28)31-9-15-17(13)25-26-24-15/h1-3,12-13,16H,4-9H2,(H,24,25,26)/t13-,16+/m1/s1. The van der Waals surface area contributed by atoms with Gasteiger partial charge in [0.2, 0.25) is 0 Å². The topological polar surface area (TPSA) is 83.6 Å². The number of amides is 2. The molecule has 166 valence electrons. The summed E-state index contributed by atoms with van der Waals surface area (Å²) in [6.45, 7) is 1.86. The molecular weight excluding hydrogens is 422 g/mol. The molecular formula is C19H19F4N5O3. The summed E-state index contributed by atoms with van der Waals surface area (Å²) in [7, 11) is 0. The number of aromatic nitrogens is 3. The highest BCUT2D eigenvalue weighted by Crippen LogP contribution is 2.35. The highest BCUT2D eigenvalue weighted by atomic mass is 19.4. The van der Waals surface area contributed by atoms with Gasteiger partial charge in [-0.3, -0.25) is 5.10 Å². The zero-order chi connectivity index (χ0) is 21.8. The summed E-state index contributed by atoms with van der Waals surface area (Å²) in [5.74, 6) is -0.951. The number of hydrogen-bond acceptors (Lipinski definition) is 5. The Hall–Kier alpha value is -2.73. The van der Waals surface area contributed by atoms with E-state index in [1.165, 1.54) is 0 Å². The first-order valence-corrected chi connectivity index (χ1v) is 9.82. The molecule has 4 heterocycles. The molecule has 2 atom stereocenters. The number of carbonyl (C=O) groups excluding carboxylic acids is 1. The largest absolute Gasteiger partial charge is 0.416 e. The van der Waals surface area contributed by atoms with Gasteiger partial charge in [0, 0.05) is 24.6 Å². The maximum Gasteiger partial charge on any atom is 0.416 e. The zero-order valence-electron chi connectivity index (χ0n) is 16.2. The number of nitrogens with one attached hydrogen (secondary N) is 1. The monoisotopic (exact) mass is 441 g/mol. The molecule has 0 unspecified atom stereocenters. The smallest absolute Gasteiger partial charge is 0.370 e. The predicted octanol–water partition coefficient (Wildman–Crippen LogP) is 2.28. The average molecular weight is 441 g/mol. The van der Waals surface area contributed by atoms with Gasteiger partial charge in [-0.2, -0.15) is 13.2 Å². The number of likely N-dealkylation sites (tertiary alicyclic amines) is 2. The van der Waals surface area contributed by atoms with Gasteiger partial charge < -0.3 is 19.3 Å². The molecule has 5 rings (SSSR count). The number of halogens is 4. The van der Waals surface area contributed by atoms with Crippen LogP contribution in [0.5, 0.6) is 0 Å². The van der Waals surface area contributed by atoms with E-state index in [0.717, 1.165) is 23.5 Å². The molecule has 2 fully saturated rings. The van der Waals surface area contributed by atoms with Gasteiger partial charge in [0.25, 0.3) is 0 Å². The fraction of sp³-hybridized carbons (Fsp3) is 0.526. The summed E-state index contributed by atoms with van der Waals surface area (Å²) in [6.07, 6.45) is -4.99. The molecule has 0 bridgehead atoms. The number of alkyl halides is 3. The van der Waals surface area contributed by atoms with Crippen molar-refractivity contribution in [1.29, 1.82) is 0 Å². The van der Waals surface area contributed by atoms with Gasteiger partial charge >= 0.3 is 12.2 Å². The third-order valence-corrected chi connectivity index (χ3v) is 5.97. The van der Waals surface area contributed by atoms with Crippen LogP contribution in [0.15, 0.2) is 18.2 Å². The van der Waals surface area contributed by atoms with Gasteiger partial charge in [0.15, 0.2) is 0 Å². The minimum absolute atomic E-state index is 0.0127. The number of carbonyl (C=O) groups is 1. The molecule has 3 aliphatic rings. The molecule has 31 heavy (non-hydrogen) atoms. The molecule has 2 aromatic rings. The van der Waals surface area contributed by atoms with Gasteiger partial charge in [-0.05, 0) is 12.1 Å². The molecule has 0 aliphatic carbocycles. The Kier molecular flexibility index (Phi) is 4.85. The van der Waals surface area contributed by atoms with E-state index in [0.29, 0.717) is 38.9 Å². The second-order valence-electron chi connectivity index (χ2n) is 7.96. The van der Waals surface area contributed by atoms with Crippen LogP contribution in [0.3, 0.4) is 0 Å². The maximum atomic E-state index is 13.9. The lowest BCUT2D eigenvalue weighted by Gasteiger charge is -2.40. The number of rotatable bonds is 3. The van der Waals surface area contributed by atoms with Crippen LogP contribution in [-0.2, 0) is 28.9 Å². The molecule has 12 heteroatoms. The van der Waals surface area contributed by atoms with E-state index < -0.39 is 17.6 Å². The van der Waals surface area contributed by atoms with Crippen molar-refractivity contribution in [3.05, 3.63) is 46.5 Å². The number of nitrogens with zero attached hydrogens (tertiary/aromatic N) is 4. The van der Waals surface area contributed by atoms with Crippen molar-refractivity contribution in [2.75, 3.05) is 26.2 Å². The molecule has 1 N–H and O–H groups in total. The van der Waals surface area contributed by atoms with Crippen LogP contribution in [0.1, 0.15) is 28.4 Å². The highest BCUT2D eigenvalue weighted by Gasteiger charge is 2.44. The Labute approximate surface area is 174 Å². The second-order valence-corrected chi connectivity index (χ2v) is 7.96. The second kappa shape index (κ2) is 7.45. The van der Waals surface area contributed by atoms with Crippen LogP contribution in [0.4, 0.5) is 22.4 Å². The first-order valence-electron chi connectivity index (χ1n) is 9.82. The van der Waals surface area contributed by atoms with Crippen molar-refractivity contribution >= 4 is 6.03 Å². The predicted molar refractivity (Wildman–Crippen MR) is 96.2 cm³/mol. The first kappa shape index (κ1) is 20.2. The van der Waals surface area contributed by atoms with Crippen LogP contribution >= 0.6 is 0 Å². The fourth-order valence-electron chi connectivity index (χ4n) is 4.17. The molecule has 1 aromatic heterocycles. The van der Waals surface area contributed by atoms with E-state index >= 15 is 0 Å². The van der Waals surface area contributed by atoms with Crippen molar-refractivity contribution in [3.63, 3.8) is 0 Å². The number of hydrogen-bond donors (Lipinski definition) is 1. The Morgan fingerprint density at radius 3 is 2.74 bits per heavy atom. The number of H-pyrrole nitrogens is 1. The van der Waals surface area contributed by atoms with E-state index in [9.17, 15) is 22.4 Å². The van der Waals surface area contributed by atoms with E-state index in [1.54, 1.807) is 9.80 Å². The number of urea groups is 1. The molecule has 0 radical (unpaired) electrons. The van der Waals surface area contributed by atoms with Gasteiger partial charge in [-0.25, -0.2) is 9.18 Å². The Morgan fingerprint density at radius 2 is 2.00 bits per heavy atom. The Balaban J connectivity index is 1.11. The number of ether oxygens (including phenoxy) is 2. The molecule has 2 amide bonds.